The molecular weight excluding hydrogens is 297 g/mol. The molecule has 1 aromatic carbocycles. The number of alkyl halides is 3. The summed E-state index contributed by atoms with van der Waals surface area (Å²) in [6, 6.07) is 6.57. The van der Waals surface area contributed by atoms with Crippen LogP contribution < -0.4 is 0 Å². The van der Waals surface area contributed by atoms with E-state index in [1.165, 1.54) is 13.0 Å². The van der Waals surface area contributed by atoms with E-state index in [1.54, 1.807) is 12.1 Å². The molecule has 0 aliphatic rings. The van der Waals surface area contributed by atoms with Gasteiger partial charge < -0.3 is 0 Å². The summed E-state index contributed by atoms with van der Waals surface area (Å²) in [5.74, 6) is -0.116. The zero-order valence-electron chi connectivity index (χ0n) is 9.72. The van der Waals surface area contributed by atoms with Crippen molar-refractivity contribution in [2.45, 2.75) is 13.1 Å². The molecule has 2 rings (SSSR count). The molecule has 0 saturated heterocycles. The molecule has 0 atom stereocenters. The van der Waals surface area contributed by atoms with Crippen LogP contribution in [0, 0.1) is 0 Å². The third kappa shape index (κ3) is 3.16. The maximum absolute atomic E-state index is 12.7. The summed E-state index contributed by atoms with van der Waals surface area (Å²) < 4.78 is 38.1. The SMILES string of the molecule is CC(=O)c1ccc(-c2cc(Cl)cc(C(F)(F)F)c2)s1. The van der Waals surface area contributed by atoms with Crippen LogP contribution in [0.5, 0.6) is 0 Å². The highest BCUT2D eigenvalue weighted by Gasteiger charge is 2.31. The third-order valence-electron chi connectivity index (χ3n) is 2.46. The predicted molar refractivity (Wildman–Crippen MR) is 69.8 cm³/mol. The number of hydrogen-bond acceptors (Lipinski definition) is 2. The highest BCUT2D eigenvalue weighted by atomic mass is 35.5. The lowest BCUT2D eigenvalue weighted by atomic mass is 10.1. The number of carbonyl (C=O) groups excluding carboxylic acids is 1. The zero-order chi connectivity index (χ0) is 14.2. The van der Waals surface area contributed by atoms with Crippen molar-refractivity contribution >= 4 is 28.7 Å². The van der Waals surface area contributed by atoms with Crippen LogP contribution in [0.15, 0.2) is 30.3 Å². The topological polar surface area (TPSA) is 17.1 Å². The molecule has 2 aromatic rings. The molecule has 19 heavy (non-hydrogen) atoms. The van der Waals surface area contributed by atoms with Gasteiger partial charge in [0.05, 0.1) is 10.4 Å². The number of thiophene rings is 1. The molecule has 1 aromatic heterocycles. The van der Waals surface area contributed by atoms with Crippen molar-refractivity contribution in [2.75, 3.05) is 0 Å². The van der Waals surface area contributed by atoms with E-state index in [2.05, 4.69) is 0 Å². The van der Waals surface area contributed by atoms with Crippen molar-refractivity contribution in [3.05, 3.63) is 45.8 Å². The maximum Gasteiger partial charge on any atom is 0.416 e. The average molecular weight is 305 g/mol. The smallest absolute Gasteiger partial charge is 0.294 e. The van der Waals surface area contributed by atoms with E-state index in [0.717, 1.165) is 23.5 Å². The van der Waals surface area contributed by atoms with E-state index in [1.807, 2.05) is 0 Å². The van der Waals surface area contributed by atoms with Crippen LogP contribution in [0.1, 0.15) is 22.2 Å². The van der Waals surface area contributed by atoms with Gasteiger partial charge in [-0.05, 0) is 42.8 Å². The average Bonchev–Trinajstić information content (AvgIpc) is 2.76. The second-order valence-electron chi connectivity index (χ2n) is 3.95. The molecule has 0 aliphatic carbocycles. The molecule has 0 N–H and O–H groups in total. The second-order valence-corrected chi connectivity index (χ2v) is 5.47. The molecule has 0 fully saturated rings. The standard InChI is InChI=1S/C13H8ClF3OS/c1-7(18)11-2-3-12(19-11)8-4-9(13(15,16)17)6-10(14)5-8/h2-6H,1H3. The zero-order valence-corrected chi connectivity index (χ0v) is 11.3. The molecular formula is C13H8ClF3OS. The largest absolute Gasteiger partial charge is 0.416 e. The predicted octanol–water partition coefficient (Wildman–Crippen LogP) is 5.29. The molecule has 1 heterocycles. The number of ketones is 1. The fourth-order valence-electron chi connectivity index (χ4n) is 1.58. The molecule has 100 valence electrons. The summed E-state index contributed by atoms with van der Waals surface area (Å²) in [7, 11) is 0. The van der Waals surface area contributed by atoms with Crippen LogP contribution in [-0.4, -0.2) is 5.78 Å². The number of carbonyl (C=O) groups is 1. The number of Topliss-reactive ketones (excluding diaryl/α,β-unsaturated/α-hetero) is 1. The number of halogens is 4. The Hall–Kier alpha value is -1.33. The Morgan fingerprint density at radius 2 is 1.89 bits per heavy atom. The summed E-state index contributed by atoms with van der Waals surface area (Å²) in [6.07, 6.45) is -4.44. The summed E-state index contributed by atoms with van der Waals surface area (Å²) in [5, 5.41) is 0.0163. The quantitative estimate of drug-likeness (QED) is 0.689. The third-order valence-corrected chi connectivity index (χ3v) is 3.92. The minimum atomic E-state index is -4.44. The van der Waals surface area contributed by atoms with Gasteiger partial charge in [0.2, 0.25) is 0 Å². The van der Waals surface area contributed by atoms with Crippen LogP contribution in [0.3, 0.4) is 0 Å². The van der Waals surface area contributed by atoms with Crippen LogP contribution in [0.4, 0.5) is 13.2 Å². The first-order chi connectivity index (χ1) is 8.77. The van der Waals surface area contributed by atoms with E-state index >= 15 is 0 Å². The van der Waals surface area contributed by atoms with E-state index < -0.39 is 11.7 Å². The van der Waals surface area contributed by atoms with Gasteiger partial charge in [-0.1, -0.05) is 11.6 Å². The first-order valence-corrected chi connectivity index (χ1v) is 6.46. The van der Waals surface area contributed by atoms with E-state index in [-0.39, 0.29) is 10.8 Å². The van der Waals surface area contributed by atoms with Crippen molar-refractivity contribution in [3.8, 4) is 10.4 Å². The van der Waals surface area contributed by atoms with Crippen molar-refractivity contribution in [3.63, 3.8) is 0 Å². The lowest BCUT2D eigenvalue weighted by molar-refractivity contribution is -0.137. The summed E-state index contributed by atoms with van der Waals surface area (Å²) >= 11 is 6.86. The molecule has 0 saturated carbocycles. The fourth-order valence-corrected chi connectivity index (χ4v) is 2.70. The first kappa shape index (κ1) is 14.1. The first-order valence-electron chi connectivity index (χ1n) is 5.26. The number of rotatable bonds is 2. The lowest BCUT2D eigenvalue weighted by Crippen LogP contribution is -2.04. The van der Waals surface area contributed by atoms with Crippen LogP contribution >= 0.6 is 22.9 Å². The summed E-state index contributed by atoms with van der Waals surface area (Å²) in [4.78, 5) is 12.3. The number of hydrogen-bond donors (Lipinski definition) is 0. The molecule has 1 nitrogen and oxygen atoms in total. The fraction of sp³-hybridized carbons (Fsp3) is 0.154. The van der Waals surface area contributed by atoms with Gasteiger partial charge in [0.1, 0.15) is 0 Å². The highest BCUT2D eigenvalue weighted by Crippen LogP contribution is 2.36. The minimum absolute atomic E-state index is 0.0163. The Labute approximate surface area is 116 Å². The molecule has 0 spiro atoms. The van der Waals surface area contributed by atoms with E-state index in [4.69, 9.17) is 11.6 Å². The maximum atomic E-state index is 12.7. The van der Waals surface area contributed by atoms with Crippen LogP contribution in [0.2, 0.25) is 5.02 Å². The van der Waals surface area contributed by atoms with Crippen molar-refractivity contribution in [1.82, 2.24) is 0 Å². The minimum Gasteiger partial charge on any atom is -0.294 e. The van der Waals surface area contributed by atoms with Crippen LogP contribution in [0.25, 0.3) is 10.4 Å². The van der Waals surface area contributed by atoms with Gasteiger partial charge in [-0.2, -0.15) is 13.2 Å². The molecule has 0 bridgehead atoms. The van der Waals surface area contributed by atoms with Gasteiger partial charge in [-0.3, -0.25) is 4.79 Å². The summed E-state index contributed by atoms with van der Waals surface area (Å²) in [5.41, 5.74) is -0.440. The Balaban J connectivity index is 2.50. The van der Waals surface area contributed by atoms with Gasteiger partial charge in [0.25, 0.3) is 0 Å². The highest BCUT2D eigenvalue weighted by molar-refractivity contribution is 7.17. The summed E-state index contributed by atoms with van der Waals surface area (Å²) in [6.45, 7) is 1.41. The van der Waals surface area contributed by atoms with Gasteiger partial charge in [0.15, 0.2) is 5.78 Å². The van der Waals surface area contributed by atoms with Crippen molar-refractivity contribution in [1.29, 1.82) is 0 Å². The Kier molecular flexibility index (Phi) is 3.69. The van der Waals surface area contributed by atoms with Gasteiger partial charge in [0, 0.05) is 9.90 Å². The van der Waals surface area contributed by atoms with Crippen molar-refractivity contribution in [2.24, 2.45) is 0 Å². The molecule has 6 heteroatoms. The Bertz CT molecular complexity index is 631. The van der Waals surface area contributed by atoms with E-state index in [9.17, 15) is 18.0 Å². The second kappa shape index (κ2) is 4.98. The van der Waals surface area contributed by atoms with E-state index in [0.29, 0.717) is 15.3 Å². The molecule has 0 radical (unpaired) electrons. The lowest BCUT2D eigenvalue weighted by Gasteiger charge is -2.09. The molecule has 0 amide bonds. The number of benzene rings is 1. The van der Waals surface area contributed by atoms with Gasteiger partial charge in [-0.25, -0.2) is 0 Å². The normalized spacial score (nSPS) is 11.6. The molecule has 0 unspecified atom stereocenters. The molecule has 0 aliphatic heterocycles. The van der Waals surface area contributed by atoms with Crippen molar-refractivity contribution < 1.29 is 18.0 Å². The van der Waals surface area contributed by atoms with Crippen LogP contribution in [-0.2, 0) is 6.18 Å². The van der Waals surface area contributed by atoms with Gasteiger partial charge >= 0.3 is 6.18 Å². The monoisotopic (exact) mass is 304 g/mol. The Morgan fingerprint density at radius 3 is 2.42 bits per heavy atom. The van der Waals surface area contributed by atoms with Gasteiger partial charge in [-0.15, -0.1) is 11.3 Å². The Morgan fingerprint density at radius 1 is 1.21 bits per heavy atom.